The van der Waals surface area contributed by atoms with Gasteiger partial charge in [0, 0.05) is 0 Å². The molecule has 1 heteroatoms. The van der Waals surface area contributed by atoms with Crippen LogP contribution in [0.3, 0.4) is 0 Å². The average Bonchev–Trinajstić information content (AvgIpc) is 3.10. The van der Waals surface area contributed by atoms with Gasteiger partial charge in [-0.15, -0.1) is 0 Å². The molecule has 0 N–H and O–H groups in total. The number of rotatable bonds is 4. The summed E-state index contributed by atoms with van der Waals surface area (Å²) in [7, 11) is 0.172. The van der Waals surface area contributed by atoms with Gasteiger partial charge in [0.05, 0.1) is 0 Å². The predicted octanol–water partition coefficient (Wildman–Crippen LogP) is 7.29. The molecule has 0 amide bonds. The summed E-state index contributed by atoms with van der Waals surface area (Å²) in [6, 6.07) is 0. The van der Waals surface area contributed by atoms with Gasteiger partial charge < -0.3 is 0 Å². The van der Waals surface area contributed by atoms with E-state index in [0.717, 1.165) is 45.8 Å². The normalized spacial score (nSPS) is 55.3. The van der Waals surface area contributed by atoms with Crippen LogP contribution in [0.4, 0.5) is 0 Å². The Labute approximate surface area is 167 Å². The lowest BCUT2D eigenvalue weighted by Gasteiger charge is -2.67. The third-order valence-electron chi connectivity index (χ3n) is 10.4. The minimum absolute atomic E-state index is 0.172. The molecule has 9 aliphatic rings. The highest BCUT2D eigenvalue weighted by atomic mass is 31.1. The third-order valence-corrected chi connectivity index (χ3v) is 14.5. The third kappa shape index (κ3) is 2.50. The van der Waals surface area contributed by atoms with Crippen LogP contribution in [0.1, 0.15) is 83.5 Å². The molecule has 27 heavy (non-hydrogen) atoms. The van der Waals surface area contributed by atoms with Gasteiger partial charge in [-0.3, -0.25) is 0 Å². The molecule has 8 saturated carbocycles. The average molecular weight is 381 g/mol. The second-order valence-electron chi connectivity index (χ2n) is 12.3. The van der Waals surface area contributed by atoms with Crippen LogP contribution in [0.5, 0.6) is 0 Å². The molecule has 0 aromatic rings. The Morgan fingerprint density at radius 1 is 0.667 bits per heavy atom. The molecule has 0 nitrogen and oxygen atoms in total. The molecule has 0 aromatic heterocycles. The van der Waals surface area contributed by atoms with Gasteiger partial charge in [-0.25, -0.2) is 0 Å². The highest BCUT2D eigenvalue weighted by Crippen LogP contribution is 2.79. The maximum atomic E-state index is 2.52. The van der Waals surface area contributed by atoms with Gasteiger partial charge in [-0.2, -0.15) is 0 Å². The lowest BCUT2D eigenvalue weighted by Crippen LogP contribution is -2.57. The summed E-state index contributed by atoms with van der Waals surface area (Å²) in [6.07, 6.45) is 29.8. The van der Waals surface area contributed by atoms with Gasteiger partial charge in [0.2, 0.25) is 0 Å². The number of allylic oxidation sites excluding steroid dienone is 4. The van der Waals surface area contributed by atoms with Gasteiger partial charge in [0.25, 0.3) is 0 Å². The first kappa shape index (κ1) is 16.7. The summed E-state index contributed by atoms with van der Waals surface area (Å²) in [5.41, 5.74) is 1.83. The van der Waals surface area contributed by atoms with E-state index in [4.69, 9.17) is 0 Å². The van der Waals surface area contributed by atoms with Gasteiger partial charge in [-0.1, -0.05) is 31.7 Å². The van der Waals surface area contributed by atoms with E-state index in [1.807, 2.05) is 5.57 Å². The lowest BCUT2D eigenvalue weighted by atomic mass is 9.55. The van der Waals surface area contributed by atoms with E-state index in [-0.39, 0.29) is 7.92 Å². The van der Waals surface area contributed by atoms with Crippen LogP contribution in [-0.2, 0) is 0 Å². The van der Waals surface area contributed by atoms with Crippen molar-refractivity contribution in [3.63, 3.8) is 0 Å². The van der Waals surface area contributed by atoms with E-state index in [1.54, 1.807) is 83.2 Å². The molecule has 8 fully saturated rings. The van der Waals surface area contributed by atoms with Gasteiger partial charge in [-0.05, 0) is 135 Å². The highest BCUT2D eigenvalue weighted by molar-refractivity contribution is 7.61. The summed E-state index contributed by atoms with van der Waals surface area (Å²) in [5.74, 6) is 6.78. The molecule has 9 aliphatic carbocycles. The van der Waals surface area contributed by atoms with Crippen molar-refractivity contribution in [2.75, 3.05) is 6.16 Å². The van der Waals surface area contributed by atoms with Crippen LogP contribution < -0.4 is 0 Å². The summed E-state index contributed by atoms with van der Waals surface area (Å²) in [5, 5.41) is 1.64. The molecule has 146 valence electrons. The number of hydrogen-bond acceptors (Lipinski definition) is 0. The zero-order chi connectivity index (χ0) is 17.6. The molecule has 0 heterocycles. The first-order chi connectivity index (χ1) is 13.2. The maximum Gasteiger partial charge on any atom is -0.00786 e. The first-order valence-corrected chi connectivity index (χ1v) is 13.8. The van der Waals surface area contributed by atoms with Crippen molar-refractivity contribution in [3.05, 3.63) is 23.8 Å². The minimum Gasteiger partial charge on any atom is -0.0897 e. The fourth-order valence-corrected chi connectivity index (χ4v) is 15.6. The van der Waals surface area contributed by atoms with Crippen LogP contribution in [0.2, 0.25) is 0 Å². The molecule has 8 bridgehead atoms. The van der Waals surface area contributed by atoms with E-state index in [0.29, 0.717) is 0 Å². The monoisotopic (exact) mass is 380 g/mol. The van der Waals surface area contributed by atoms with E-state index >= 15 is 0 Å². The molecule has 0 saturated heterocycles. The summed E-state index contributed by atoms with van der Waals surface area (Å²) >= 11 is 0. The fraction of sp³-hybridized carbons (Fsp3) is 0.846. The molecule has 0 atom stereocenters. The van der Waals surface area contributed by atoms with Crippen molar-refractivity contribution in [1.82, 2.24) is 0 Å². The Kier molecular flexibility index (Phi) is 3.55. The zero-order valence-electron chi connectivity index (χ0n) is 17.0. The number of hydrogen-bond donors (Lipinski definition) is 0. The molecule has 0 unspecified atom stereocenters. The van der Waals surface area contributed by atoms with Crippen molar-refractivity contribution in [1.29, 1.82) is 0 Å². The Morgan fingerprint density at radius 2 is 1.07 bits per heavy atom. The first-order valence-electron chi connectivity index (χ1n) is 12.3. The SMILES string of the molecule is C1=CCC(CP(C23CC4CC(CC(C4)C2)C3)C23CC4CC(CC(C4)C2)C3)=C1. The molecule has 0 aromatic carbocycles. The van der Waals surface area contributed by atoms with E-state index in [1.165, 1.54) is 6.42 Å². The lowest BCUT2D eigenvalue weighted by molar-refractivity contribution is 0.0187. The van der Waals surface area contributed by atoms with Crippen LogP contribution in [0.25, 0.3) is 0 Å². The molecular weight excluding hydrogens is 343 g/mol. The van der Waals surface area contributed by atoms with E-state index < -0.39 is 0 Å². The quantitative estimate of drug-likeness (QED) is 0.449. The van der Waals surface area contributed by atoms with Gasteiger partial charge >= 0.3 is 0 Å². The summed E-state index contributed by atoms with van der Waals surface area (Å²) < 4.78 is 0. The molecule has 0 spiro atoms. The van der Waals surface area contributed by atoms with Gasteiger partial charge in [0.1, 0.15) is 0 Å². The smallest absolute Gasteiger partial charge is 0.00786 e. The summed E-state index contributed by atoms with van der Waals surface area (Å²) in [4.78, 5) is 0. The van der Waals surface area contributed by atoms with Crippen LogP contribution in [-0.4, -0.2) is 16.5 Å². The Balaban J connectivity index is 1.29. The van der Waals surface area contributed by atoms with Crippen molar-refractivity contribution in [3.8, 4) is 0 Å². The largest absolute Gasteiger partial charge is 0.0897 e. The molecule has 0 radical (unpaired) electrons. The minimum atomic E-state index is 0.172. The maximum absolute atomic E-state index is 2.52. The predicted molar refractivity (Wildman–Crippen MR) is 115 cm³/mol. The molecule has 0 aliphatic heterocycles. The van der Waals surface area contributed by atoms with Crippen molar-refractivity contribution in [2.24, 2.45) is 35.5 Å². The second-order valence-corrected chi connectivity index (χ2v) is 15.4. The Hall–Kier alpha value is -0.0900. The molecule has 9 rings (SSSR count). The van der Waals surface area contributed by atoms with Crippen LogP contribution >= 0.6 is 7.92 Å². The van der Waals surface area contributed by atoms with Crippen LogP contribution in [0, 0.1) is 35.5 Å². The topological polar surface area (TPSA) is 0 Å². The second kappa shape index (κ2) is 5.74. The standard InChI is InChI=1S/C26H37P/c1-2-4-18(3-1)17-27(25-11-19-5-20(12-25)7-21(6-19)13-25)26-14-22-8-23(15-26)10-24(9-22)16-26/h1-3,19-24H,4-17H2. The van der Waals surface area contributed by atoms with Crippen molar-refractivity contribution < 1.29 is 0 Å². The van der Waals surface area contributed by atoms with E-state index in [9.17, 15) is 0 Å². The van der Waals surface area contributed by atoms with E-state index in [2.05, 4.69) is 18.2 Å². The van der Waals surface area contributed by atoms with Crippen molar-refractivity contribution in [2.45, 2.75) is 93.8 Å². The fourth-order valence-electron chi connectivity index (χ4n) is 10.4. The summed E-state index contributed by atoms with van der Waals surface area (Å²) in [6.45, 7) is 0. The van der Waals surface area contributed by atoms with Crippen LogP contribution in [0.15, 0.2) is 23.8 Å². The highest BCUT2D eigenvalue weighted by Gasteiger charge is 2.62. The Bertz CT molecular complexity index is 582. The zero-order valence-corrected chi connectivity index (χ0v) is 17.9. The van der Waals surface area contributed by atoms with Crippen molar-refractivity contribution >= 4 is 7.92 Å². The van der Waals surface area contributed by atoms with Gasteiger partial charge in [0.15, 0.2) is 0 Å². The molecular formula is C26H37P. The Morgan fingerprint density at radius 3 is 1.41 bits per heavy atom.